The number of aromatic amines is 1. The average Bonchev–Trinajstić information content (AvgIpc) is 2.69. The van der Waals surface area contributed by atoms with E-state index < -0.39 is 0 Å². The van der Waals surface area contributed by atoms with Gasteiger partial charge in [0.25, 0.3) is 5.56 Å². The first kappa shape index (κ1) is 12.2. The Hall–Kier alpha value is -2.83. The van der Waals surface area contributed by atoms with Crippen LogP contribution in [0.5, 0.6) is 0 Å². The van der Waals surface area contributed by atoms with Gasteiger partial charge in [0.2, 0.25) is 5.95 Å². The third kappa shape index (κ3) is 2.09. The van der Waals surface area contributed by atoms with Crippen molar-refractivity contribution in [3.05, 3.63) is 40.4 Å². The van der Waals surface area contributed by atoms with Gasteiger partial charge in [0, 0.05) is 18.9 Å². The molecule has 102 valence electrons. The number of aromatic nitrogens is 4. The van der Waals surface area contributed by atoms with E-state index in [4.69, 9.17) is 5.73 Å². The van der Waals surface area contributed by atoms with Crippen molar-refractivity contribution < 1.29 is 0 Å². The fourth-order valence-electron chi connectivity index (χ4n) is 2.07. The van der Waals surface area contributed by atoms with Crippen LogP contribution in [0, 0.1) is 6.92 Å². The predicted octanol–water partition coefficient (Wildman–Crippen LogP) is 1.29. The molecule has 7 nitrogen and oxygen atoms in total. The molecule has 0 radical (unpaired) electrons. The smallest absolute Gasteiger partial charge is 0.260 e. The van der Waals surface area contributed by atoms with E-state index in [1.165, 1.54) is 0 Å². The molecule has 0 amide bonds. The molecule has 2 aromatic heterocycles. The van der Waals surface area contributed by atoms with Crippen LogP contribution >= 0.6 is 0 Å². The lowest BCUT2D eigenvalue weighted by Crippen LogP contribution is -2.11. The van der Waals surface area contributed by atoms with Crippen LogP contribution in [-0.4, -0.2) is 19.7 Å². The van der Waals surface area contributed by atoms with Crippen molar-refractivity contribution in [2.24, 2.45) is 7.05 Å². The van der Waals surface area contributed by atoms with E-state index in [0.717, 1.165) is 11.4 Å². The molecule has 0 saturated heterocycles. The van der Waals surface area contributed by atoms with E-state index >= 15 is 0 Å². The molecule has 7 heteroatoms. The molecule has 1 aromatic carbocycles. The van der Waals surface area contributed by atoms with E-state index in [1.54, 1.807) is 22.9 Å². The molecule has 0 aliphatic heterocycles. The number of hydrogen-bond acceptors (Lipinski definition) is 5. The van der Waals surface area contributed by atoms with Crippen LogP contribution < -0.4 is 16.6 Å². The van der Waals surface area contributed by atoms with Crippen LogP contribution in [0.25, 0.3) is 10.9 Å². The highest BCUT2D eigenvalue weighted by atomic mass is 16.1. The SMILES string of the molecule is Cc1nn(C)cc1Nc1nc2ccc(N)cc2c(=O)[nH]1. The number of nitrogen functional groups attached to an aromatic ring is 1. The third-order valence-corrected chi connectivity index (χ3v) is 3.00. The second kappa shape index (κ2) is 4.37. The molecule has 0 aliphatic rings. The lowest BCUT2D eigenvalue weighted by atomic mass is 10.2. The Labute approximate surface area is 114 Å². The fourth-order valence-corrected chi connectivity index (χ4v) is 2.07. The zero-order chi connectivity index (χ0) is 14.3. The summed E-state index contributed by atoms with van der Waals surface area (Å²) in [4.78, 5) is 19.1. The van der Waals surface area contributed by atoms with Gasteiger partial charge < -0.3 is 11.1 Å². The Morgan fingerprint density at radius 3 is 2.90 bits per heavy atom. The van der Waals surface area contributed by atoms with Crippen molar-refractivity contribution in [1.29, 1.82) is 0 Å². The van der Waals surface area contributed by atoms with E-state index in [0.29, 0.717) is 22.5 Å². The van der Waals surface area contributed by atoms with E-state index in [2.05, 4.69) is 20.4 Å². The molecule has 2 heterocycles. The largest absolute Gasteiger partial charge is 0.399 e. The first-order chi connectivity index (χ1) is 9.52. The molecular weight excluding hydrogens is 256 g/mol. The number of nitrogens with two attached hydrogens (primary N) is 1. The highest BCUT2D eigenvalue weighted by Crippen LogP contribution is 2.18. The van der Waals surface area contributed by atoms with Crippen molar-refractivity contribution in [3.63, 3.8) is 0 Å². The number of H-pyrrole nitrogens is 1. The van der Waals surface area contributed by atoms with E-state index in [9.17, 15) is 4.79 Å². The second-order valence-electron chi connectivity index (χ2n) is 4.62. The lowest BCUT2D eigenvalue weighted by molar-refractivity contribution is 0.756. The number of anilines is 3. The van der Waals surface area contributed by atoms with Crippen molar-refractivity contribution in [1.82, 2.24) is 19.7 Å². The monoisotopic (exact) mass is 270 g/mol. The highest BCUT2D eigenvalue weighted by molar-refractivity contribution is 5.82. The standard InChI is InChI=1S/C13H14N6O/c1-7-11(6-19(2)18-7)16-13-15-10-4-3-8(14)5-9(10)12(20)17-13/h3-6H,14H2,1-2H3,(H2,15,16,17,20). The van der Waals surface area contributed by atoms with Crippen molar-refractivity contribution in [2.45, 2.75) is 6.92 Å². The van der Waals surface area contributed by atoms with E-state index in [-0.39, 0.29) is 5.56 Å². The van der Waals surface area contributed by atoms with E-state index in [1.807, 2.05) is 20.2 Å². The summed E-state index contributed by atoms with van der Waals surface area (Å²) in [5.74, 6) is 0.378. The zero-order valence-corrected chi connectivity index (χ0v) is 11.1. The van der Waals surface area contributed by atoms with Gasteiger partial charge in [-0.1, -0.05) is 0 Å². The number of nitrogens with one attached hydrogen (secondary N) is 2. The predicted molar refractivity (Wildman–Crippen MR) is 78.0 cm³/mol. The fraction of sp³-hybridized carbons (Fsp3) is 0.154. The number of rotatable bonds is 2. The quantitative estimate of drug-likeness (QED) is 0.609. The number of fused-ring (bicyclic) bond motifs is 1. The van der Waals surface area contributed by atoms with Crippen molar-refractivity contribution in [3.8, 4) is 0 Å². The highest BCUT2D eigenvalue weighted by Gasteiger charge is 2.07. The van der Waals surface area contributed by atoms with Gasteiger partial charge in [-0.2, -0.15) is 5.10 Å². The van der Waals surface area contributed by atoms with Crippen molar-refractivity contribution in [2.75, 3.05) is 11.1 Å². The summed E-state index contributed by atoms with van der Waals surface area (Å²) in [6.07, 6.45) is 1.82. The number of aryl methyl sites for hydroxylation is 2. The molecule has 0 aliphatic carbocycles. The Balaban J connectivity index is 2.07. The Morgan fingerprint density at radius 1 is 1.40 bits per heavy atom. The summed E-state index contributed by atoms with van der Waals surface area (Å²) in [7, 11) is 1.83. The molecule has 3 rings (SSSR count). The topological polar surface area (TPSA) is 102 Å². The maximum absolute atomic E-state index is 12.0. The first-order valence-electron chi connectivity index (χ1n) is 6.10. The summed E-state index contributed by atoms with van der Waals surface area (Å²) in [5, 5.41) is 7.75. The van der Waals surface area contributed by atoms with Gasteiger partial charge in [0.15, 0.2) is 0 Å². The number of hydrogen-bond donors (Lipinski definition) is 3. The van der Waals surface area contributed by atoms with Crippen LogP contribution in [0.1, 0.15) is 5.69 Å². The molecule has 20 heavy (non-hydrogen) atoms. The Morgan fingerprint density at radius 2 is 2.20 bits per heavy atom. The minimum Gasteiger partial charge on any atom is -0.399 e. The molecule has 0 fully saturated rings. The van der Waals surface area contributed by atoms with Crippen molar-refractivity contribution >= 4 is 28.2 Å². The first-order valence-corrected chi connectivity index (χ1v) is 6.10. The van der Waals surface area contributed by atoms with Crippen LogP contribution in [0.2, 0.25) is 0 Å². The molecule has 0 unspecified atom stereocenters. The van der Waals surface area contributed by atoms with Gasteiger partial charge in [-0.25, -0.2) is 4.98 Å². The van der Waals surface area contributed by atoms with Crippen LogP contribution in [-0.2, 0) is 7.05 Å². The summed E-state index contributed by atoms with van der Waals surface area (Å²) >= 11 is 0. The van der Waals surface area contributed by atoms with Gasteiger partial charge in [-0.3, -0.25) is 14.5 Å². The van der Waals surface area contributed by atoms with Crippen LogP contribution in [0.3, 0.4) is 0 Å². The third-order valence-electron chi connectivity index (χ3n) is 3.00. The van der Waals surface area contributed by atoms with Gasteiger partial charge in [-0.15, -0.1) is 0 Å². The molecular formula is C13H14N6O. The number of nitrogens with zero attached hydrogens (tertiary/aromatic N) is 3. The maximum atomic E-state index is 12.0. The lowest BCUT2D eigenvalue weighted by Gasteiger charge is -2.05. The second-order valence-corrected chi connectivity index (χ2v) is 4.62. The minimum absolute atomic E-state index is 0.230. The molecule has 4 N–H and O–H groups in total. The maximum Gasteiger partial charge on any atom is 0.260 e. The zero-order valence-electron chi connectivity index (χ0n) is 11.1. The normalized spacial score (nSPS) is 10.9. The summed E-state index contributed by atoms with van der Waals surface area (Å²) in [6, 6.07) is 5.05. The summed E-state index contributed by atoms with van der Waals surface area (Å²) < 4.78 is 1.69. The van der Waals surface area contributed by atoms with Gasteiger partial charge in [0.05, 0.1) is 22.3 Å². The minimum atomic E-state index is -0.230. The molecule has 0 bridgehead atoms. The Kier molecular flexibility index (Phi) is 2.67. The molecule has 0 saturated carbocycles. The summed E-state index contributed by atoms with van der Waals surface area (Å²) in [5.41, 5.74) is 8.19. The average molecular weight is 270 g/mol. The van der Waals surface area contributed by atoms with Gasteiger partial charge >= 0.3 is 0 Å². The molecule has 3 aromatic rings. The number of benzene rings is 1. The molecule has 0 spiro atoms. The van der Waals surface area contributed by atoms with Crippen LogP contribution in [0.4, 0.5) is 17.3 Å². The van der Waals surface area contributed by atoms with Crippen LogP contribution in [0.15, 0.2) is 29.2 Å². The van der Waals surface area contributed by atoms with Gasteiger partial charge in [0.1, 0.15) is 0 Å². The van der Waals surface area contributed by atoms with Gasteiger partial charge in [-0.05, 0) is 25.1 Å². The molecule has 0 atom stereocenters. The summed E-state index contributed by atoms with van der Waals surface area (Å²) in [6.45, 7) is 1.88. The Bertz CT molecular complexity index is 848.